The lowest BCUT2D eigenvalue weighted by molar-refractivity contribution is 0.528. The van der Waals surface area contributed by atoms with Crippen LogP contribution in [0.1, 0.15) is 30.8 Å². The number of pyridine rings is 1. The SMILES string of the molecule is Cc1nn(-c2nccc(CNCC(C)C)c2F)c(C)c1Cl. The minimum atomic E-state index is -0.365. The fourth-order valence-electron chi connectivity index (χ4n) is 2.08. The largest absolute Gasteiger partial charge is 0.312 e. The van der Waals surface area contributed by atoms with E-state index in [0.717, 1.165) is 6.54 Å². The predicted molar refractivity (Wildman–Crippen MR) is 82.3 cm³/mol. The van der Waals surface area contributed by atoms with Crippen molar-refractivity contribution in [2.24, 2.45) is 5.92 Å². The van der Waals surface area contributed by atoms with Crippen molar-refractivity contribution in [3.63, 3.8) is 0 Å². The van der Waals surface area contributed by atoms with Crippen LogP contribution in [0.3, 0.4) is 0 Å². The molecule has 0 fully saturated rings. The number of hydrogen-bond donors (Lipinski definition) is 1. The Morgan fingerprint density at radius 2 is 2.10 bits per heavy atom. The van der Waals surface area contributed by atoms with Crippen LogP contribution >= 0.6 is 11.6 Å². The van der Waals surface area contributed by atoms with Crippen molar-refractivity contribution in [3.05, 3.63) is 40.1 Å². The Hall–Kier alpha value is -1.46. The van der Waals surface area contributed by atoms with E-state index in [1.807, 2.05) is 0 Å². The van der Waals surface area contributed by atoms with Gasteiger partial charge in [0.05, 0.1) is 16.4 Å². The van der Waals surface area contributed by atoms with E-state index in [2.05, 4.69) is 29.2 Å². The average Bonchev–Trinajstić information content (AvgIpc) is 2.68. The van der Waals surface area contributed by atoms with E-state index in [0.29, 0.717) is 34.4 Å². The highest BCUT2D eigenvalue weighted by molar-refractivity contribution is 6.31. The van der Waals surface area contributed by atoms with Crippen molar-refractivity contribution in [1.82, 2.24) is 20.1 Å². The first kappa shape index (κ1) is 15.9. The summed E-state index contributed by atoms with van der Waals surface area (Å²) in [5, 5.41) is 8.02. The van der Waals surface area contributed by atoms with E-state index >= 15 is 0 Å². The molecule has 4 nitrogen and oxygen atoms in total. The Morgan fingerprint density at radius 3 is 2.67 bits per heavy atom. The minimum absolute atomic E-state index is 0.186. The lowest BCUT2D eigenvalue weighted by Crippen LogP contribution is -2.20. The van der Waals surface area contributed by atoms with Crippen molar-refractivity contribution in [2.75, 3.05) is 6.54 Å². The summed E-state index contributed by atoms with van der Waals surface area (Å²) in [6.07, 6.45) is 1.59. The van der Waals surface area contributed by atoms with Gasteiger partial charge in [0.15, 0.2) is 11.6 Å². The van der Waals surface area contributed by atoms with Crippen LogP contribution in [0.25, 0.3) is 5.82 Å². The molecule has 0 atom stereocenters. The second-order valence-corrected chi connectivity index (χ2v) is 5.91. The normalized spacial score (nSPS) is 11.4. The molecule has 6 heteroatoms. The molecule has 0 aliphatic carbocycles. The third-order valence-electron chi connectivity index (χ3n) is 3.22. The lowest BCUT2D eigenvalue weighted by Gasteiger charge is -2.11. The summed E-state index contributed by atoms with van der Waals surface area (Å²) in [5.74, 6) is 0.339. The van der Waals surface area contributed by atoms with E-state index < -0.39 is 0 Å². The molecule has 2 heterocycles. The molecule has 0 aliphatic rings. The predicted octanol–water partition coefficient (Wildman–Crippen LogP) is 3.42. The third-order valence-corrected chi connectivity index (χ3v) is 3.77. The van der Waals surface area contributed by atoms with Crippen LogP contribution in [0.4, 0.5) is 4.39 Å². The van der Waals surface area contributed by atoms with Crippen molar-refractivity contribution >= 4 is 11.6 Å². The lowest BCUT2D eigenvalue weighted by atomic mass is 10.2. The first-order valence-corrected chi connectivity index (χ1v) is 7.35. The molecule has 114 valence electrons. The molecule has 0 radical (unpaired) electrons. The Morgan fingerprint density at radius 1 is 1.38 bits per heavy atom. The molecule has 0 spiro atoms. The maximum absolute atomic E-state index is 14.6. The van der Waals surface area contributed by atoms with Crippen LogP contribution in [0, 0.1) is 25.6 Å². The maximum Gasteiger partial charge on any atom is 0.190 e. The molecule has 0 aliphatic heterocycles. The number of aryl methyl sites for hydroxylation is 1. The first-order valence-electron chi connectivity index (χ1n) is 6.98. The molecular formula is C15H20ClFN4. The third kappa shape index (κ3) is 3.41. The van der Waals surface area contributed by atoms with Gasteiger partial charge >= 0.3 is 0 Å². The zero-order valence-corrected chi connectivity index (χ0v) is 13.5. The second kappa shape index (κ2) is 6.54. The maximum atomic E-state index is 14.6. The first-order chi connectivity index (χ1) is 9.91. The standard InChI is InChI=1S/C15H20ClFN4/c1-9(2)7-18-8-12-5-6-19-15(14(12)17)21-11(4)13(16)10(3)20-21/h5-6,9,18H,7-8H2,1-4H3. The topological polar surface area (TPSA) is 42.7 Å². The summed E-state index contributed by atoms with van der Waals surface area (Å²) in [6, 6.07) is 1.68. The monoisotopic (exact) mass is 310 g/mol. The number of nitrogens with zero attached hydrogens (tertiary/aromatic N) is 3. The molecular weight excluding hydrogens is 291 g/mol. The van der Waals surface area contributed by atoms with Gasteiger partial charge < -0.3 is 5.32 Å². The number of nitrogens with one attached hydrogen (secondary N) is 1. The quantitative estimate of drug-likeness (QED) is 0.920. The smallest absolute Gasteiger partial charge is 0.190 e. The van der Waals surface area contributed by atoms with Gasteiger partial charge in [0.1, 0.15) is 0 Å². The van der Waals surface area contributed by atoms with Gasteiger partial charge in [-0.15, -0.1) is 0 Å². The number of hydrogen-bond acceptors (Lipinski definition) is 3. The van der Waals surface area contributed by atoms with Crippen LogP contribution in [-0.2, 0) is 6.54 Å². The van der Waals surface area contributed by atoms with Crippen LogP contribution in [-0.4, -0.2) is 21.3 Å². The summed E-state index contributed by atoms with van der Waals surface area (Å²) < 4.78 is 16.1. The number of rotatable bonds is 5. The average molecular weight is 311 g/mol. The van der Waals surface area contributed by atoms with Crippen LogP contribution < -0.4 is 5.32 Å². The van der Waals surface area contributed by atoms with E-state index in [1.165, 1.54) is 4.68 Å². The Bertz CT molecular complexity index is 637. The Balaban J connectivity index is 2.31. The van der Waals surface area contributed by atoms with E-state index in [9.17, 15) is 4.39 Å². The molecule has 0 unspecified atom stereocenters. The highest BCUT2D eigenvalue weighted by atomic mass is 35.5. The fraction of sp³-hybridized carbons (Fsp3) is 0.467. The zero-order chi connectivity index (χ0) is 15.6. The summed E-state index contributed by atoms with van der Waals surface area (Å²) in [7, 11) is 0. The minimum Gasteiger partial charge on any atom is -0.312 e. The molecule has 2 rings (SSSR count). The van der Waals surface area contributed by atoms with Gasteiger partial charge in [-0.1, -0.05) is 25.4 Å². The van der Waals surface area contributed by atoms with Gasteiger partial charge in [0, 0.05) is 18.3 Å². The van der Waals surface area contributed by atoms with Crippen molar-refractivity contribution in [2.45, 2.75) is 34.2 Å². The highest BCUT2D eigenvalue weighted by Gasteiger charge is 2.17. The van der Waals surface area contributed by atoms with Gasteiger partial charge in [-0.05, 0) is 32.4 Å². The van der Waals surface area contributed by atoms with E-state index in [1.54, 1.807) is 26.1 Å². The number of aromatic nitrogens is 3. The molecule has 2 aromatic heterocycles. The second-order valence-electron chi connectivity index (χ2n) is 5.53. The molecule has 1 N–H and O–H groups in total. The van der Waals surface area contributed by atoms with E-state index in [4.69, 9.17) is 11.6 Å². The molecule has 2 aromatic rings. The molecule has 0 amide bonds. The highest BCUT2D eigenvalue weighted by Crippen LogP contribution is 2.23. The van der Waals surface area contributed by atoms with Crippen molar-refractivity contribution in [1.29, 1.82) is 0 Å². The van der Waals surface area contributed by atoms with Gasteiger partial charge in [0.25, 0.3) is 0 Å². The Labute approximate surface area is 129 Å². The van der Waals surface area contributed by atoms with Crippen molar-refractivity contribution in [3.8, 4) is 5.82 Å². The molecule has 0 bridgehead atoms. The molecule has 0 saturated heterocycles. The summed E-state index contributed by atoms with van der Waals surface area (Å²) in [5.41, 5.74) is 1.93. The van der Waals surface area contributed by atoms with Crippen molar-refractivity contribution < 1.29 is 4.39 Å². The van der Waals surface area contributed by atoms with E-state index in [-0.39, 0.29) is 11.6 Å². The van der Waals surface area contributed by atoms with Crippen LogP contribution in [0.5, 0.6) is 0 Å². The number of halogens is 2. The van der Waals surface area contributed by atoms with Crippen LogP contribution in [0.2, 0.25) is 5.02 Å². The van der Waals surface area contributed by atoms with Gasteiger partial charge in [-0.3, -0.25) is 0 Å². The summed E-state index contributed by atoms with van der Waals surface area (Å²) in [4.78, 5) is 4.11. The summed E-state index contributed by atoms with van der Waals surface area (Å²) in [6.45, 7) is 9.11. The van der Waals surface area contributed by atoms with Crippen LogP contribution in [0.15, 0.2) is 12.3 Å². The van der Waals surface area contributed by atoms with Gasteiger partial charge in [-0.25, -0.2) is 14.1 Å². The fourth-order valence-corrected chi connectivity index (χ4v) is 2.20. The summed E-state index contributed by atoms with van der Waals surface area (Å²) >= 11 is 6.11. The molecule has 21 heavy (non-hydrogen) atoms. The van der Waals surface area contributed by atoms with Gasteiger partial charge in [0.2, 0.25) is 0 Å². The molecule has 0 saturated carbocycles. The Kier molecular flexibility index (Phi) is 4.96. The van der Waals surface area contributed by atoms with Gasteiger partial charge in [-0.2, -0.15) is 5.10 Å². The zero-order valence-electron chi connectivity index (χ0n) is 12.7. The molecule has 0 aromatic carbocycles.